The topological polar surface area (TPSA) is 125 Å². The summed E-state index contributed by atoms with van der Waals surface area (Å²) in [5.74, 6) is 0.574. The van der Waals surface area contributed by atoms with Gasteiger partial charge in [0.1, 0.15) is 24.2 Å². The van der Waals surface area contributed by atoms with Crippen molar-refractivity contribution in [2.24, 2.45) is 0 Å². The average molecular weight is 572 g/mol. The lowest BCUT2D eigenvalue weighted by molar-refractivity contribution is 0.0611. The molecule has 2 N–H and O–H groups in total. The van der Waals surface area contributed by atoms with Crippen LogP contribution in [-0.4, -0.2) is 40.4 Å². The highest BCUT2D eigenvalue weighted by atomic mass is 16.5. The van der Waals surface area contributed by atoms with E-state index in [9.17, 15) is 19.6 Å². The zero-order valence-corrected chi connectivity index (χ0v) is 23.0. The Morgan fingerprint density at radius 2 is 1.53 bits per heavy atom. The number of amides is 3. The van der Waals surface area contributed by atoms with Crippen molar-refractivity contribution >= 4 is 40.5 Å². The van der Waals surface area contributed by atoms with Gasteiger partial charge in [-0.25, -0.2) is 4.79 Å². The maximum Gasteiger partial charge on any atom is 0.411 e. The van der Waals surface area contributed by atoms with Crippen LogP contribution in [0.1, 0.15) is 31.8 Å². The van der Waals surface area contributed by atoms with Crippen molar-refractivity contribution in [1.82, 2.24) is 9.30 Å². The summed E-state index contributed by atoms with van der Waals surface area (Å²) in [4.78, 5) is 38.8. The van der Waals surface area contributed by atoms with Crippen molar-refractivity contribution in [2.75, 3.05) is 23.8 Å². The quantitative estimate of drug-likeness (QED) is 0.204. The first-order valence-electron chi connectivity index (χ1n) is 13.5. The van der Waals surface area contributed by atoms with Crippen molar-refractivity contribution < 1.29 is 23.9 Å². The third-order valence-corrected chi connectivity index (χ3v) is 7.08. The fraction of sp³-hybridized carbons (Fsp3) is 0.0909. The van der Waals surface area contributed by atoms with Gasteiger partial charge in [-0.1, -0.05) is 30.3 Å². The first-order chi connectivity index (χ1) is 20.9. The van der Waals surface area contributed by atoms with Gasteiger partial charge in [0.25, 0.3) is 11.8 Å². The fourth-order valence-electron chi connectivity index (χ4n) is 4.96. The van der Waals surface area contributed by atoms with Gasteiger partial charge < -0.3 is 19.2 Å². The van der Waals surface area contributed by atoms with Crippen LogP contribution in [0, 0.1) is 18.3 Å². The van der Waals surface area contributed by atoms with E-state index in [-0.39, 0.29) is 13.2 Å². The number of aryl methyl sites for hydroxylation is 1. The maximum absolute atomic E-state index is 12.6. The van der Waals surface area contributed by atoms with Crippen LogP contribution >= 0.6 is 0 Å². The zero-order valence-electron chi connectivity index (χ0n) is 23.0. The van der Waals surface area contributed by atoms with Crippen molar-refractivity contribution in [3.8, 4) is 17.6 Å². The van der Waals surface area contributed by atoms with Gasteiger partial charge in [-0.15, -0.1) is 0 Å². The number of aromatic nitrogens is 1. The lowest BCUT2D eigenvalue weighted by atomic mass is 10.1. The van der Waals surface area contributed by atoms with Crippen LogP contribution in [0.25, 0.3) is 5.52 Å². The van der Waals surface area contributed by atoms with Crippen molar-refractivity contribution in [1.29, 1.82) is 5.26 Å². The molecular weight excluding hydrogens is 546 g/mol. The van der Waals surface area contributed by atoms with Crippen molar-refractivity contribution in [3.05, 3.63) is 120 Å². The Bertz CT molecular complexity index is 1870. The molecular formula is C33H25N5O5. The SMILES string of the molecule is Cc1c(NC(=O)OCCN2C(=O)c3ccccc3C2=O)cn2ccc(C#N)c(Nc3ccc(Oc4ccccc4)cc3)c12. The minimum atomic E-state index is -0.736. The first kappa shape index (κ1) is 27.1. The van der Waals surface area contributed by atoms with E-state index >= 15 is 0 Å². The lowest BCUT2D eigenvalue weighted by Crippen LogP contribution is -2.33. The number of fused-ring (bicyclic) bond motifs is 2. The second kappa shape index (κ2) is 11.4. The van der Waals surface area contributed by atoms with Gasteiger partial charge in [-0.3, -0.25) is 19.8 Å². The third kappa shape index (κ3) is 5.35. The van der Waals surface area contributed by atoms with Gasteiger partial charge in [-0.2, -0.15) is 5.26 Å². The number of para-hydroxylation sites is 1. The third-order valence-electron chi connectivity index (χ3n) is 7.08. The molecule has 0 aliphatic carbocycles. The number of pyridine rings is 1. The van der Waals surface area contributed by atoms with Gasteiger partial charge in [0.2, 0.25) is 0 Å². The molecule has 0 atom stereocenters. The first-order valence-corrected chi connectivity index (χ1v) is 13.5. The van der Waals surface area contributed by atoms with Crippen molar-refractivity contribution in [2.45, 2.75) is 6.92 Å². The number of hydrogen-bond acceptors (Lipinski definition) is 7. The Morgan fingerprint density at radius 3 is 2.21 bits per heavy atom. The molecule has 1 aliphatic heterocycles. The lowest BCUT2D eigenvalue weighted by Gasteiger charge is -2.14. The van der Waals surface area contributed by atoms with Crippen LogP contribution in [-0.2, 0) is 4.74 Å². The summed E-state index contributed by atoms with van der Waals surface area (Å²) in [6, 6.07) is 27.3. The number of imide groups is 1. The molecule has 3 aromatic carbocycles. The summed E-state index contributed by atoms with van der Waals surface area (Å²) in [5.41, 5.74) is 4.31. The molecule has 2 aromatic heterocycles. The van der Waals surface area contributed by atoms with Gasteiger partial charge in [0.05, 0.1) is 40.1 Å². The van der Waals surface area contributed by atoms with E-state index in [1.807, 2.05) is 61.5 Å². The molecule has 0 bridgehead atoms. The number of hydrogen-bond donors (Lipinski definition) is 2. The number of rotatable bonds is 8. The van der Waals surface area contributed by atoms with E-state index in [2.05, 4.69) is 16.7 Å². The molecule has 0 saturated carbocycles. The van der Waals surface area contributed by atoms with Gasteiger partial charge >= 0.3 is 6.09 Å². The number of ether oxygens (including phenoxy) is 2. The van der Waals surface area contributed by atoms with Crippen LogP contribution in [0.5, 0.6) is 11.5 Å². The molecule has 0 fully saturated rings. The smallest absolute Gasteiger partial charge is 0.411 e. The maximum atomic E-state index is 12.6. The van der Waals surface area contributed by atoms with Crippen LogP contribution < -0.4 is 15.4 Å². The van der Waals surface area contributed by atoms with Crippen LogP contribution in [0.2, 0.25) is 0 Å². The zero-order chi connectivity index (χ0) is 29.9. The number of nitrogens with one attached hydrogen (secondary N) is 2. The Balaban J connectivity index is 1.14. The molecule has 10 nitrogen and oxygen atoms in total. The number of carbonyl (C=O) groups is 3. The van der Waals surface area contributed by atoms with E-state index in [1.165, 1.54) is 0 Å². The molecule has 0 spiro atoms. The molecule has 3 amide bonds. The largest absolute Gasteiger partial charge is 0.457 e. The Hall–Kier alpha value is -6.08. The van der Waals surface area contributed by atoms with Crippen LogP contribution in [0.4, 0.5) is 21.9 Å². The molecule has 0 unspecified atom stereocenters. The fourth-order valence-corrected chi connectivity index (χ4v) is 4.96. The summed E-state index contributed by atoms with van der Waals surface area (Å²) in [5, 5.41) is 15.9. The molecule has 3 heterocycles. The molecule has 0 saturated heterocycles. The number of benzene rings is 3. The second-order valence-electron chi connectivity index (χ2n) is 9.77. The predicted octanol–water partition coefficient (Wildman–Crippen LogP) is 6.50. The van der Waals surface area contributed by atoms with Crippen LogP contribution in [0.15, 0.2) is 97.3 Å². The molecule has 5 aromatic rings. The summed E-state index contributed by atoms with van der Waals surface area (Å²) < 4.78 is 13.0. The summed E-state index contributed by atoms with van der Waals surface area (Å²) in [6.45, 7) is 1.59. The number of anilines is 3. The van der Waals surface area contributed by atoms with E-state index in [0.717, 1.165) is 16.3 Å². The van der Waals surface area contributed by atoms with Gasteiger partial charge in [0.15, 0.2) is 0 Å². The van der Waals surface area contributed by atoms with E-state index in [0.29, 0.717) is 44.9 Å². The van der Waals surface area contributed by atoms with E-state index in [1.54, 1.807) is 47.1 Å². The highest BCUT2D eigenvalue weighted by molar-refractivity contribution is 6.21. The number of nitriles is 1. The van der Waals surface area contributed by atoms with Gasteiger partial charge in [0, 0.05) is 23.6 Å². The monoisotopic (exact) mass is 571 g/mol. The molecule has 1 aliphatic rings. The highest BCUT2D eigenvalue weighted by Gasteiger charge is 2.34. The molecule has 6 rings (SSSR count). The Morgan fingerprint density at radius 1 is 0.884 bits per heavy atom. The molecule has 43 heavy (non-hydrogen) atoms. The standard InChI is InChI=1S/C33H25N5O5/c1-21-28(36-33(41)42-18-17-38-31(39)26-9-5-6-10-27(26)32(38)40)20-37-16-15-22(19-34)29(30(21)37)35-23-11-13-25(14-12-23)43-24-7-3-2-4-8-24/h2-16,20,35H,17-18H2,1H3,(H,36,41). The minimum Gasteiger partial charge on any atom is -0.457 e. The van der Waals surface area contributed by atoms with Gasteiger partial charge in [-0.05, 0) is 61.5 Å². The molecule has 10 heteroatoms. The highest BCUT2D eigenvalue weighted by Crippen LogP contribution is 2.34. The summed E-state index contributed by atoms with van der Waals surface area (Å²) in [6.07, 6.45) is 2.72. The summed E-state index contributed by atoms with van der Waals surface area (Å²) in [7, 11) is 0. The molecule has 0 radical (unpaired) electrons. The Labute approximate surface area is 246 Å². The average Bonchev–Trinajstić information content (AvgIpc) is 3.47. The predicted molar refractivity (Wildman–Crippen MR) is 160 cm³/mol. The van der Waals surface area contributed by atoms with Crippen molar-refractivity contribution in [3.63, 3.8) is 0 Å². The minimum absolute atomic E-state index is 0.0642. The van der Waals surface area contributed by atoms with E-state index < -0.39 is 17.9 Å². The number of carbonyl (C=O) groups excluding carboxylic acids is 3. The Kier molecular flexibility index (Phi) is 7.20. The van der Waals surface area contributed by atoms with E-state index in [4.69, 9.17) is 9.47 Å². The summed E-state index contributed by atoms with van der Waals surface area (Å²) >= 11 is 0. The van der Waals surface area contributed by atoms with Crippen LogP contribution in [0.3, 0.4) is 0 Å². The normalized spacial score (nSPS) is 12.1. The molecule has 212 valence electrons. The number of nitrogens with zero attached hydrogens (tertiary/aromatic N) is 3. The second-order valence-corrected chi connectivity index (χ2v) is 9.77.